The van der Waals surface area contributed by atoms with Crippen molar-refractivity contribution in [3.63, 3.8) is 0 Å². The van der Waals surface area contributed by atoms with Crippen LogP contribution in [0.1, 0.15) is 11.1 Å². The second-order valence-corrected chi connectivity index (χ2v) is 4.59. The molecule has 2 aromatic rings. The number of amides is 2. The van der Waals surface area contributed by atoms with Gasteiger partial charge in [0.1, 0.15) is 0 Å². The minimum absolute atomic E-state index is 0.239. The first-order valence-electron chi connectivity index (χ1n) is 6.40. The Morgan fingerprint density at radius 2 is 2.05 bits per heavy atom. The number of hydrogen-bond donors (Lipinski definition) is 3. The van der Waals surface area contributed by atoms with Crippen LogP contribution in [0.15, 0.2) is 42.7 Å². The maximum absolute atomic E-state index is 11.8. The second-order valence-electron chi connectivity index (χ2n) is 4.59. The molecule has 0 fully saturated rings. The number of nitrogens with zero attached hydrogens (tertiary/aromatic N) is 1. The number of aryl methyl sites for hydroxylation is 1. The van der Waals surface area contributed by atoms with Gasteiger partial charge in [0, 0.05) is 18.9 Å². The molecule has 0 atom stereocenters. The molecule has 2 amide bonds. The lowest BCUT2D eigenvalue weighted by atomic mass is 10.2. The fourth-order valence-electron chi connectivity index (χ4n) is 1.72. The summed E-state index contributed by atoms with van der Waals surface area (Å²) in [4.78, 5) is 27.5. The molecular weight excluding hydrogens is 268 g/mol. The van der Waals surface area contributed by atoms with Gasteiger partial charge in [-0.2, -0.15) is 0 Å². The van der Waals surface area contributed by atoms with Gasteiger partial charge < -0.3 is 16.4 Å². The molecule has 6 heteroatoms. The van der Waals surface area contributed by atoms with Gasteiger partial charge >= 0.3 is 11.8 Å². The van der Waals surface area contributed by atoms with Crippen molar-refractivity contribution in [3.05, 3.63) is 53.9 Å². The first-order valence-corrected chi connectivity index (χ1v) is 6.40. The van der Waals surface area contributed by atoms with Crippen LogP contribution in [0.4, 0.5) is 11.4 Å². The predicted molar refractivity (Wildman–Crippen MR) is 80.3 cm³/mol. The Hall–Kier alpha value is -2.89. The lowest BCUT2D eigenvalue weighted by molar-refractivity contribution is -0.136. The number of carbonyl (C=O) groups excluding carboxylic acids is 2. The van der Waals surface area contributed by atoms with Crippen molar-refractivity contribution < 1.29 is 9.59 Å². The summed E-state index contributed by atoms with van der Waals surface area (Å²) in [6.07, 6.45) is 3.26. The van der Waals surface area contributed by atoms with Gasteiger partial charge in [0.2, 0.25) is 0 Å². The molecule has 1 aromatic heterocycles. The Kier molecular flexibility index (Phi) is 4.50. The van der Waals surface area contributed by atoms with Gasteiger partial charge in [-0.15, -0.1) is 0 Å². The molecule has 0 radical (unpaired) electrons. The average molecular weight is 284 g/mol. The smallest absolute Gasteiger partial charge is 0.313 e. The van der Waals surface area contributed by atoms with Crippen LogP contribution in [0.3, 0.4) is 0 Å². The Morgan fingerprint density at radius 3 is 2.76 bits per heavy atom. The van der Waals surface area contributed by atoms with E-state index >= 15 is 0 Å². The first-order chi connectivity index (χ1) is 10.1. The molecule has 0 unspecified atom stereocenters. The van der Waals surface area contributed by atoms with Gasteiger partial charge in [0.15, 0.2) is 0 Å². The highest BCUT2D eigenvalue weighted by Gasteiger charge is 2.14. The summed E-state index contributed by atoms with van der Waals surface area (Å²) < 4.78 is 0. The van der Waals surface area contributed by atoms with Crippen LogP contribution in [0.25, 0.3) is 0 Å². The summed E-state index contributed by atoms with van der Waals surface area (Å²) in [6, 6.07) is 8.78. The summed E-state index contributed by atoms with van der Waals surface area (Å²) in [5.41, 5.74) is 8.34. The third-order valence-electron chi connectivity index (χ3n) is 2.84. The third kappa shape index (κ3) is 4.04. The van der Waals surface area contributed by atoms with E-state index in [1.807, 2.05) is 19.1 Å². The lowest BCUT2D eigenvalue weighted by Gasteiger charge is -2.09. The number of rotatable bonds is 3. The van der Waals surface area contributed by atoms with Gasteiger partial charge in [-0.3, -0.25) is 14.6 Å². The Labute approximate surface area is 122 Å². The Bertz CT molecular complexity index is 656. The van der Waals surface area contributed by atoms with Crippen molar-refractivity contribution in [2.24, 2.45) is 0 Å². The minimum atomic E-state index is -0.754. The van der Waals surface area contributed by atoms with E-state index in [0.29, 0.717) is 11.4 Å². The molecule has 0 saturated carbocycles. The van der Waals surface area contributed by atoms with Gasteiger partial charge in [-0.25, -0.2) is 0 Å². The van der Waals surface area contributed by atoms with Crippen molar-refractivity contribution in [2.75, 3.05) is 11.1 Å². The molecule has 4 N–H and O–H groups in total. The van der Waals surface area contributed by atoms with Gasteiger partial charge in [0.25, 0.3) is 0 Å². The van der Waals surface area contributed by atoms with Crippen LogP contribution in [0.5, 0.6) is 0 Å². The molecular formula is C15H16N4O2. The predicted octanol–water partition coefficient (Wildman–Crippen LogP) is 1.23. The zero-order valence-corrected chi connectivity index (χ0v) is 11.6. The van der Waals surface area contributed by atoms with E-state index in [1.165, 1.54) is 0 Å². The van der Waals surface area contributed by atoms with Crippen molar-refractivity contribution >= 4 is 23.2 Å². The molecule has 2 rings (SSSR count). The monoisotopic (exact) mass is 284 g/mol. The number of nitrogens with two attached hydrogens (primary N) is 1. The quantitative estimate of drug-likeness (QED) is 0.583. The van der Waals surface area contributed by atoms with E-state index < -0.39 is 11.8 Å². The van der Waals surface area contributed by atoms with Crippen LogP contribution >= 0.6 is 0 Å². The highest BCUT2D eigenvalue weighted by Crippen LogP contribution is 2.19. The van der Waals surface area contributed by atoms with Crippen LogP contribution < -0.4 is 16.4 Å². The Morgan fingerprint density at radius 1 is 1.24 bits per heavy atom. The van der Waals surface area contributed by atoms with Crippen LogP contribution in [-0.4, -0.2) is 16.8 Å². The second kappa shape index (κ2) is 6.51. The van der Waals surface area contributed by atoms with Crippen LogP contribution in [0, 0.1) is 6.92 Å². The van der Waals surface area contributed by atoms with Crippen LogP contribution in [-0.2, 0) is 16.1 Å². The summed E-state index contributed by atoms with van der Waals surface area (Å²) in [5.74, 6) is -1.48. The normalized spacial score (nSPS) is 9.95. The highest BCUT2D eigenvalue weighted by molar-refractivity contribution is 6.39. The average Bonchev–Trinajstić information content (AvgIpc) is 2.49. The van der Waals surface area contributed by atoms with E-state index in [4.69, 9.17) is 5.73 Å². The molecule has 1 aromatic carbocycles. The van der Waals surface area contributed by atoms with Gasteiger partial charge in [-0.05, 0) is 36.2 Å². The SMILES string of the molecule is Cc1ccc(N)c(NC(=O)C(=O)NCc2cccnc2)c1. The fraction of sp³-hybridized carbons (Fsp3) is 0.133. The number of aromatic nitrogens is 1. The van der Waals surface area contributed by atoms with Crippen molar-refractivity contribution in [1.82, 2.24) is 10.3 Å². The Balaban J connectivity index is 1.94. The maximum Gasteiger partial charge on any atom is 0.313 e. The van der Waals surface area contributed by atoms with Crippen LogP contribution in [0.2, 0.25) is 0 Å². The van der Waals surface area contributed by atoms with Gasteiger partial charge in [-0.1, -0.05) is 12.1 Å². The molecule has 0 aliphatic rings. The largest absolute Gasteiger partial charge is 0.397 e. The molecule has 0 saturated heterocycles. The van der Waals surface area contributed by atoms with E-state index in [9.17, 15) is 9.59 Å². The molecule has 6 nitrogen and oxygen atoms in total. The number of anilines is 2. The molecule has 108 valence electrons. The van der Waals surface area contributed by atoms with E-state index in [2.05, 4.69) is 15.6 Å². The van der Waals surface area contributed by atoms with Crippen molar-refractivity contribution in [3.8, 4) is 0 Å². The van der Waals surface area contributed by atoms with E-state index in [0.717, 1.165) is 11.1 Å². The zero-order valence-electron chi connectivity index (χ0n) is 11.6. The number of carbonyl (C=O) groups is 2. The minimum Gasteiger partial charge on any atom is -0.397 e. The summed E-state index contributed by atoms with van der Waals surface area (Å²) >= 11 is 0. The molecule has 1 heterocycles. The first kappa shape index (κ1) is 14.5. The number of hydrogen-bond acceptors (Lipinski definition) is 4. The van der Waals surface area contributed by atoms with Crippen molar-refractivity contribution in [2.45, 2.75) is 13.5 Å². The molecule has 0 bridgehead atoms. The molecule has 21 heavy (non-hydrogen) atoms. The van der Waals surface area contributed by atoms with Gasteiger partial charge in [0.05, 0.1) is 11.4 Å². The zero-order chi connectivity index (χ0) is 15.2. The number of benzene rings is 1. The van der Waals surface area contributed by atoms with Crippen molar-refractivity contribution in [1.29, 1.82) is 0 Å². The molecule has 0 aliphatic carbocycles. The highest BCUT2D eigenvalue weighted by atomic mass is 16.2. The number of pyridine rings is 1. The van der Waals surface area contributed by atoms with E-state index in [1.54, 1.807) is 30.6 Å². The maximum atomic E-state index is 11.8. The van der Waals surface area contributed by atoms with E-state index in [-0.39, 0.29) is 6.54 Å². The summed E-state index contributed by atoms with van der Waals surface area (Å²) in [5, 5.41) is 5.02. The topological polar surface area (TPSA) is 97.1 Å². The number of nitrogen functional groups attached to an aromatic ring is 1. The third-order valence-corrected chi connectivity index (χ3v) is 2.84. The summed E-state index contributed by atoms with van der Waals surface area (Å²) in [6.45, 7) is 2.11. The molecule has 0 spiro atoms. The standard InChI is InChI=1S/C15H16N4O2/c1-10-4-5-12(16)13(7-10)19-15(21)14(20)18-9-11-3-2-6-17-8-11/h2-8H,9,16H2,1H3,(H,18,20)(H,19,21). The lowest BCUT2D eigenvalue weighted by Crippen LogP contribution is -2.35. The fourth-order valence-corrected chi connectivity index (χ4v) is 1.72. The number of nitrogens with one attached hydrogen (secondary N) is 2. The molecule has 0 aliphatic heterocycles. The summed E-state index contributed by atoms with van der Waals surface area (Å²) in [7, 11) is 0.